The number of hydrogen-bond donors (Lipinski definition) is 2. The van der Waals surface area contributed by atoms with Crippen LogP contribution in [0, 0.1) is 5.92 Å². The summed E-state index contributed by atoms with van der Waals surface area (Å²) in [5, 5.41) is 3.41. The van der Waals surface area contributed by atoms with Crippen LogP contribution in [0.1, 0.15) is 32.6 Å². The van der Waals surface area contributed by atoms with E-state index >= 15 is 0 Å². The quantitative estimate of drug-likeness (QED) is 0.629. The van der Waals surface area contributed by atoms with Crippen LogP contribution in [-0.2, 0) is 10.2 Å². The van der Waals surface area contributed by atoms with E-state index < -0.39 is 10.2 Å². The van der Waals surface area contributed by atoms with Crippen molar-refractivity contribution in [3.8, 4) is 0 Å². The Kier molecular flexibility index (Phi) is 6.02. The number of hydrogen-bond acceptors (Lipinski definition) is 4. The molecule has 2 aliphatic rings. The third kappa shape index (κ3) is 5.49. The van der Waals surface area contributed by atoms with Gasteiger partial charge in [-0.05, 0) is 51.7 Å². The second-order valence-corrected chi connectivity index (χ2v) is 8.47. The van der Waals surface area contributed by atoms with Crippen LogP contribution in [0.4, 0.5) is 0 Å². The maximum Gasteiger partial charge on any atom is 0.279 e. The van der Waals surface area contributed by atoms with Gasteiger partial charge in [0.2, 0.25) is 0 Å². The van der Waals surface area contributed by atoms with E-state index in [2.05, 4.69) is 28.9 Å². The van der Waals surface area contributed by atoms with Crippen molar-refractivity contribution in [2.75, 3.05) is 40.3 Å². The van der Waals surface area contributed by atoms with Crippen LogP contribution in [0.2, 0.25) is 0 Å². The van der Waals surface area contributed by atoms with Crippen molar-refractivity contribution in [2.45, 2.75) is 44.7 Å². The molecular formula is C14H30N4O2S. The summed E-state index contributed by atoms with van der Waals surface area (Å²) in [5.74, 6) is 0.350. The lowest BCUT2D eigenvalue weighted by Crippen LogP contribution is -2.52. The summed E-state index contributed by atoms with van der Waals surface area (Å²) in [6.45, 7) is 5.47. The number of nitrogens with zero attached hydrogens (tertiary/aromatic N) is 2. The molecule has 21 heavy (non-hydrogen) atoms. The highest BCUT2D eigenvalue weighted by Gasteiger charge is 2.29. The second-order valence-electron chi connectivity index (χ2n) is 6.66. The summed E-state index contributed by atoms with van der Waals surface area (Å²) < 4.78 is 29.0. The van der Waals surface area contributed by atoms with Gasteiger partial charge in [0, 0.05) is 32.2 Å². The van der Waals surface area contributed by atoms with Crippen LogP contribution in [-0.4, -0.2) is 70.0 Å². The fraction of sp³-hybridized carbons (Fsp3) is 1.00. The molecule has 1 heterocycles. The molecule has 2 fully saturated rings. The monoisotopic (exact) mass is 318 g/mol. The summed E-state index contributed by atoms with van der Waals surface area (Å²) in [5.41, 5.74) is 0. The van der Waals surface area contributed by atoms with E-state index in [9.17, 15) is 8.42 Å². The Morgan fingerprint density at radius 2 is 2.00 bits per heavy atom. The molecule has 124 valence electrons. The molecule has 0 radical (unpaired) electrons. The molecule has 2 atom stereocenters. The van der Waals surface area contributed by atoms with Crippen molar-refractivity contribution in [1.82, 2.24) is 19.2 Å². The lowest BCUT2D eigenvalue weighted by molar-refractivity contribution is 0.187. The molecule has 0 amide bonds. The van der Waals surface area contributed by atoms with Crippen LogP contribution in [0.25, 0.3) is 0 Å². The molecule has 0 bridgehead atoms. The Bertz CT molecular complexity index is 425. The van der Waals surface area contributed by atoms with Gasteiger partial charge in [-0.2, -0.15) is 17.4 Å². The average molecular weight is 318 g/mol. The Labute approximate surface area is 129 Å². The maximum atomic E-state index is 12.3. The predicted octanol–water partition coefficient (Wildman–Crippen LogP) is 0.235. The lowest BCUT2D eigenvalue weighted by atomic mass is 9.95. The highest BCUT2D eigenvalue weighted by molar-refractivity contribution is 7.87. The standard InChI is InChI=1S/C14H30N4O2S/c1-12-11-17(2)10-7-14(12)16-21(19,20)18(3)9-4-8-15-13-5-6-13/h12-16H,4-11H2,1-3H3. The molecule has 1 aliphatic carbocycles. The molecule has 0 spiro atoms. The van der Waals surface area contributed by atoms with E-state index in [-0.39, 0.29) is 6.04 Å². The SMILES string of the molecule is CC1CN(C)CCC1NS(=O)(=O)N(C)CCCNC1CC1. The molecule has 1 aliphatic heterocycles. The predicted molar refractivity (Wildman–Crippen MR) is 85.4 cm³/mol. The van der Waals surface area contributed by atoms with Gasteiger partial charge in [-0.15, -0.1) is 0 Å². The first-order valence-electron chi connectivity index (χ1n) is 8.04. The zero-order valence-corrected chi connectivity index (χ0v) is 14.3. The first-order chi connectivity index (χ1) is 9.88. The largest absolute Gasteiger partial charge is 0.314 e. The van der Waals surface area contributed by atoms with Crippen LogP contribution >= 0.6 is 0 Å². The van der Waals surface area contributed by atoms with Crippen LogP contribution in [0.5, 0.6) is 0 Å². The van der Waals surface area contributed by atoms with Gasteiger partial charge in [0.1, 0.15) is 0 Å². The van der Waals surface area contributed by atoms with Crippen molar-refractivity contribution < 1.29 is 8.42 Å². The van der Waals surface area contributed by atoms with Crippen molar-refractivity contribution in [1.29, 1.82) is 0 Å². The highest BCUT2D eigenvalue weighted by Crippen LogP contribution is 2.18. The van der Waals surface area contributed by atoms with E-state index in [1.807, 2.05) is 0 Å². The molecule has 0 aromatic rings. The van der Waals surface area contributed by atoms with Crippen LogP contribution in [0.3, 0.4) is 0 Å². The van der Waals surface area contributed by atoms with Gasteiger partial charge in [0.05, 0.1) is 0 Å². The third-order valence-corrected chi connectivity index (χ3v) is 6.08. The van der Waals surface area contributed by atoms with Gasteiger partial charge in [-0.3, -0.25) is 0 Å². The van der Waals surface area contributed by atoms with Crippen molar-refractivity contribution >= 4 is 10.2 Å². The molecule has 1 saturated carbocycles. The Balaban J connectivity index is 1.73. The van der Waals surface area contributed by atoms with Gasteiger partial charge >= 0.3 is 0 Å². The zero-order chi connectivity index (χ0) is 15.5. The molecule has 2 unspecified atom stereocenters. The normalized spacial score (nSPS) is 28.2. The zero-order valence-electron chi connectivity index (χ0n) is 13.5. The summed E-state index contributed by atoms with van der Waals surface area (Å²) in [6, 6.07) is 0.739. The third-order valence-electron chi connectivity index (χ3n) is 4.48. The molecule has 6 nitrogen and oxygen atoms in total. The first-order valence-corrected chi connectivity index (χ1v) is 9.48. The van der Waals surface area contributed by atoms with Gasteiger partial charge in [0.15, 0.2) is 0 Å². The molecule has 0 aromatic carbocycles. The summed E-state index contributed by atoms with van der Waals surface area (Å²) in [4.78, 5) is 2.25. The Morgan fingerprint density at radius 1 is 1.29 bits per heavy atom. The first kappa shape index (κ1) is 17.1. The van der Waals surface area contributed by atoms with Gasteiger partial charge in [-0.25, -0.2) is 0 Å². The number of rotatable bonds is 8. The van der Waals surface area contributed by atoms with E-state index in [0.717, 1.165) is 32.5 Å². The Morgan fingerprint density at radius 3 is 2.62 bits per heavy atom. The molecule has 7 heteroatoms. The molecule has 2 rings (SSSR count). The van der Waals surface area contributed by atoms with Gasteiger partial charge in [0.25, 0.3) is 10.2 Å². The molecule has 2 N–H and O–H groups in total. The van der Waals surface area contributed by atoms with Crippen LogP contribution < -0.4 is 10.0 Å². The minimum absolute atomic E-state index is 0.0539. The van der Waals surface area contributed by atoms with E-state index in [0.29, 0.717) is 18.5 Å². The highest BCUT2D eigenvalue weighted by atomic mass is 32.2. The fourth-order valence-corrected chi connectivity index (χ4v) is 4.11. The molecule has 1 saturated heterocycles. The van der Waals surface area contributed by atoms with Crippen molar-refractivity contribution in [3.05, 3.63) is 0 Å². The fourth-order valence-electron chi connectivity index (χ4n) is 2.83. The molecule has 0 aromatic heterocycles. The van der Waals surface area contributed by atoms with Crippen molar-refractivity contribution in [2.24, 2.45) is 5.92 Å². The maximum absolute atomic E-state index is 12.3. The minimum Gasteiger partial charge on any atom is -0.314 e. The molecular weight excluding hydrogens is 288 g/mol. The summed E-state index contributed by atoms with van der Waals surface area (Å²) >= 11 is 0. The lowest BCUT2D eigenvalue weighted by Gasteiger charge is -2.35. The number of likely N-dealkylation sites (tertiary alicyclic amines) is 1. The smallest absolute Gasteiger partial charge is 0.279 e. The average Bonchev–Trinajstić information content (AvgIpc) is 3.22. The minimum atomic E-state index is -3.36. The topological polar surface area (TPSA) is 64.7 Å². The summed E-state index contributed by atoms with van der Waals surface area (Å²) in [6.07, 6.45) is 4.28. The number of piperidine rings is 1. The number of nitrogens with one attached hydrogen (secondary N) is 2. The van der Waals surface area contributed by atoms with E-state index in [1.54, 1.807) is 7.05 Å². The second kappa shape index (κ2) is 7.37. The van der Waals surface area contributed by atoms with Crippen LogP contribution in [0.15, 0.2) is 0 Å². The summed E-state index contributed by atoms with van der Waals surface area (Å²) in [7, 11) is 0.391. The van der Waals surface area contributed by atoms with Crippen molar-refractivity contribution in [3.63, 3.8) is 0 Å². The Hall–Kier alpha value is -0.210. The van der Waals surface area contributed by atoms with E-state index in [4.69, 9.17) is 0 Å². The van der Waals surface area contributed by atoms with E-state index in [1.165, 1.54) is 17.1 Å². The van der Waals surface area contributed by atoms with Gasteiger partial charge in [-0.1, -0.05) is 6.92 Å². The van der Waals surface area contributed by atoms with Gasteiger partial charge < -0.3 is 10.2 Å².